The van der Waals surface area contributed by atoms with E-state index >= 15 is 0 Å². The minimum absolute atomic E-state index is 0.00706. The number of rotatable bonds is 15. The van der Waals surface area contributed by atoms with Crippen LogP contribution in [0.15, 0.2) is 122 Å². The number of hydrogen-bond acceptors (Lipinski definition) is 24. The van der Waals surface area contributed by atoms with Crippen LogP contribution in [0.2, 0.25) is 0 Å². The molecule has 3 aromatic heterocycles. The third-order valence-corrected chi connectivity index (χ3v) is 12.4. The number of fused-ring (bicyclic) bond motifs is 8. The first kappa shape index (κ1) is 73.9. The molecule has 0 saturated carbocycles. The molecule has 0 unspecified atom stereocenters. The zero-order chi connectivity index (χ0) is 68.4. The lowest BCUT2D eigenvalue weighted by Gasteiger charge is -2.22. The molecular weight excluding hydrogens is 1230 g/mol. The van der Waals surface area contributed by atoms with Crippen LogP contribution in [0, 0.1) is 30.3 Å². The maximum atomic E-state index is 12.7. The van der Waals surface area contributed by atoms with Crippen LogP contribution in [-0.4, -0.2) is 103 Å². The topological polar surface area (TPSA) is 401 Å². The Kier molecular flexibility index (Phi) is 30.8. The summed E-state index contributed by atoms with van der Waals surface area (Å²) in [5.41, 5.74) is 20.9. The van der Waals surface area contributed by atoms with Gasteiger partial charge in [0.2, 0.25) is 34.9 Å². The van der Waals surface area contributed by atoms with Crippen molar-refractivity contribution in [3.63, 3.8) is 0 Å². The molecule has 0 radical (unpaired) electrons. The van der Waals surface area contributed by atoms with Crippen LogP contribution in [0.5, 0.6) is 18.0 Å². The number of ether oxygens (including phenoxy) is 6. The minimum atomic E-state index is -0.810. The van der Waals surface area contributed by atoms with Crippen molar-refractivity contribution in [3.8, 4) is 18.0 Å². The molecule has 0 saturated heterocycles. The van der Waals surface area contributed by atoms with Gasteiger partial charge in [-0.1, -0.05) is 109 Å². The zero-order valence-electron chi connectivity index (χ0n) is 50.6. The summed E-state index contributed by atoms with van der Waals surface area (Å²) in [4.78, 5) is 97.9. The van der Waals surface area contributed by atoms with E-state index in [0.29, 0.717) is 44.1 Å². The summed E-state index contributed by atoms with van der Waals surface area (Å²) in [6, 6.07) is 22.1. The molecule has 6 N–H and O–H groups in total. The fraction of sp³-hybridized carbons (Fsp3) is 0.305. The van der Waals surface area contributed by atoms with Crippen LogP contribution >= 0.6 is 0 Å². The summed E-state index contributed by atoms with van der Waals surface area (Å²) in [6.45, 7) is 13.2. The number of anilines is 6. The van der Waals surface area contributed by atoms with Crippen molar-refractivity contribution in [2.45, 2.75) is 78.9 Å². The van der Waals surface area contributed by atoms with Gasteiger partial charge in [-0.2, -0.15) is 29.9 Å². The maximum absolute atomic E-state index is 12.7. The molecule has 0 atom stereocenters. The molecule has 8 bridgehead atoms. The lowest BCUT2D eigenvalue weighted by atomic mass is 10.1. The SMILES string of the molecule is C=CCCOc1nc(N)c([N+](=O)[O-])c(N(Cc2cccc(CC=C)c2)C(=O)OCC)n1.CCOC(=O)N1Cc2cccc(c2)C/C=C/CCOc2nc(N)c([N+](=O)[O-])c1n2.CCOC(=O)N1Cc2cccc(c2)C/C=C\CCOc2nc(N)c([N+](=O)[O-])c1n2.FF.FF. The van der Waals surface area contributed by atoms with Gasteiger partial charge in [-0.25, -0.2) is 14.4 Å². The van der Waals surface area contributed by atoms with Gasteiger partial charge in [0.25, 0.3) is 0 Å². The van der Waals surface area contributed by atoms with E-state index in [1.807, 2.05) is 91.0 Å². The van der Waals surface area contributed by atoms with Crippen molar-refractivity contribution in [3.05, 3.63) is 186 Å². The zero-order valence-corrected chi connectivity index (χ0v) is 50.6. The molecule has 3 amide bonds. The number of carbonyl (C=O) groups excluding carboxylic acids is 3. The molecule has 496 valence electrons. The molecule has 0 fully saturated rings. The van der Waals surface area contributed by atoms with Gasteiger partial charge < -0.3 is 45.6 Å². The summed E-state index contributed by atoms with van der Waals surface area (Å²) < 4.78 is 63.7. The van der Waals surface area contributed by atoms with Gasteiger partial charge in [-0.05, 0) is 92.7 Å². The average Bonchev–Trinajstić information content (AvgIpc) is 0.815. The van der Waals surface area contributed by atoms with Crippen molar-refractivity contribution in [2.24, 2.45) is 0 Å². The monoisotopic (exact) mass is 1300 g/mol. The Morgan fingerprint density at radius 3 is 1.51 bits per heavy atom. The minimum Gasteiger partial charge on any atom is -0.463 e. The van der Waals surface area contributed by atoms with Crippen molar-refractivity contribution in [1.82, 2.24) is 29.9 Å². The molecule has 2 aliphatic rings. The first-order valence-electron chi connectivity index (χ1n) is 28.1. The molecule has 5 heterocycles. The number of nitrogens with two attached hydrogens (primary N) is 3. The number of aromatic nitrogens is 6. The Labute approximate surface area is 529 Å². The van der Waals surface area contributed by atoms with E-state index in [1.165, 1.54) is 0 Å². The number of benzene rings is 3. The second kappa shape index (κ2) is 38.7. The maximum Gasteiger partial charge on any atom is 0.415 e. The summed E-state index contributed by atoms with van der Waals surface area (Å²) in [7, 11) is 0. The lowest BCUT2D eigenvalue weighted by molar-refractivity contribution is -0.383. The smallest absolute Gasteiger partial charge is 0.415 e. The number of nitrogens with zero attached hydrogens (tertiary/aromatic N) is 12. The summed E-state index contributed by atoms with van der Waals surface area (Å²) >= 11 is 0. The van der Waals surface area contributed by atoms with Crippen LogP contribution in [0.4, 0.5) is 84.6 Å². The molecule has 0 spiro atoms. The standard InChI is InChI=1S/C21H25N5O5.2C19H21N5O5.2F2/c1-4-7-12-31-20-23-18(22)17(26(28)29)19(24-20)25(21(27)30-6-3)14-16-11-8-10-15(13-16)9-5-2;2*1-2-28-19(25)23-12-14-9-6-8-13(11-14)7-4-3-5-10-29-18-21-16(20)15(24(26)27)17(23)22-18;2*1-2/h4-5,8,10-11,13H,1-2,6-7,9,12,14H2,3H3,(H2,22,23,24);2*3-4,6,8-9,11H,2,5,7,10,12H2,1H3,(H2,20,21,22);;/b;4-3+;4-3-;;. The number of amides is 3. The van der Waals surface area contributed by atoms with E-state index in [9.17, 15) is 44.7 Å². The highest BCUT2D eigenvalue weighted by Gasteiger charge is 2.36. The first-order valence-corrected chi connectivity index (χ1v) is 28.1. The Hall–Kier alpha value is -11.6. The van der Waals surface area contributed by atoms with E-state index in [0.717, 1.165) is 42.5 Å². The van der Waals surface area contributed by atoms with Gasteiger partial charge in [0.15, 0.2) is 0 Å². The van der Waals surface area contributed by atoms with Crippen LogP contribution in [0.1, 0.15) is 73.4 Å². The van der Waals surface area contributed by atoms with E-state index in [4.69, 9.17) is 63.9 Å². The molecule has 8 rings (SSSR count). The molecule has 34 heteroatoms. The number of hydrogen-bond donors (Lipinski definition) is 3. The van der Waals surface area contributed by atoms with Crippen LogP contribution < -0.4 is 46.1 Å². The normalized spacial score (nSPS) is 12.9. The van der Waals surface area contributed by atoms with E-state index in [-0.39, 0.29) is 106 Å². The summed E-state index contributed by atoms with van der Waals surface area (Å²) in [5, 5.41) is 35.0. The second-order valence-corrected chi connectivity index (χ2v) is 18.8. The lowest BCUT2D eigenvalue weighted by Crippen LogP contribution is -2.33. The van der Waals surface area contributed by atoms with Gasteiger partial charge in [0.05, 0.1) is 74.0 Å². The number of nitro groups is 3. The fourth-order valence-electron chi connectivity index (χ4n) is 8.51. The third-order valence-electron chi connectivity index (χ3n) is 12.4. The predicted octanol–water partition coefficient (Wildman–Crippen LogP) is 11.5. The number of carbonyl (C=O) groups is 3. The molecule has 93 heavy (non-hydrogen) atoms. The van der Waals surface area contributed by atoms with Gasteiger partial charge >= 0.3 is 53.4 Å². The summed E-state index contributed by atoms with van der Waals surface area (Å²) in [6.07, 6.45) is 12.8. The molecular formula is C59H67F4N15O15. The van der Waals surface area contributed by atoms with Crippen LogP contribution in [0.25, 0.3) is 0 Å². The molecule has 2 aliphatic heterocycles. The Morgan fingerprint density at radius 1 is 0.602 bits per heavy atom. The average molecular weight is 1300 g/mol. The van der Waals surface area contributed by atoms with Gasteiger partial charge in [0.1, 0.15) is 0 Å². The largest absolute Gasteiger partial charge is 0.463 e. The van der Waals surface area contributed by atoms with Crippen molar-refractivity contribution >= 4 is 70.2 Å². The van der Waals surface area contributed by atoms with Crippen molar-refractivity contribution in [2.75, 3.05) is 71.5 Å². The molecule has 30 nitrogen and oxygen atoms in total. The van der Waals surface area contributed by atoms with Gasteiger partial charge in [-0.15, -0.1) is 13.2 Å². The van der Waals surface area contributed by atoms with Gasteiger partial charge in [0, 0.05) is 18.3 Å². The van der Waals surface area contributed by atoms with E-state index < -0.39 is 55.9 Å². The van der Waals surface area contributed by atoms with Crippen molar-refractivity contribution in [1.29, 1.82) is 0 Å². The Morgan fingerprint density at radius 2 is 1.05 bits per heavy atom. The summed E-state index contributed by atoms with van der Waals surface area (Å²) in [5.74, 6) is -2.04. The predicted molar refractivity (Wildman–Crippen MR) is 333 cm³/mol. The van der Waals surface area contributed by atoms with E-state index in [2.05, 4.69) is 43.1 Å². The van der Waals surface area contributed by atoms with Crippen LogP contribution in [0.3, 0.4) is 0 Å². The molecule has 6 aromatic rings. The first-order chi connectivity index (χ1) is 44.9. The van der Waals surface area contributed by atoms with E-state index in [1.54, 1.807) is 39.0 Å². The molecule has 3 aromatic carbocycles. The number of nitrogen functional groups attached to an aromatic ring is 3. The Bertz CT molecular complexity index is 3460. The Balaban J connectivity index is 0.000000289. The fourth-order valence-corrected chi connectivity index (χ4v) is 8.51. The number of allylic oxidation sites excluding steroid dienone is 3. The van der Waals surface area contributed by atoms with Crippen LogP contribution in [-0.2, 0) is 53.1 Å². The van der Waals surface area contributed by atoms with Crippen molar-refractivity contribution < 1.29 is 75.9 Å². The molecule has 0 aliphatic carbocycles. The third kappa shape index (κ3) is 22.1. The highest BCUT2D eigenvalue weighted by Crippen LogP contribution is 2.37. The quantitative estimate of drug-likeness (QED) is 0.0215. The second-order valence-electron chi connectivity index (χ2n) is 18.8. The highest BCUT2D eigenvalue weighted by molar-refractivity contribution is 5.92. The highest BCUT2D eigenvalue weighted by atomic mass is 20.0. The number of halogens is 4. The van der Waals surface area contributed by atoms with Gasteiger partial charge in [-0.3, -0.25) is 45.0 Å².